The lowest BCUT2D eigenvalue weighted by Gasteiger charge is -2.34. The van der Waals surface area contributed by atoms with E-state index in [1.807, 2.05) is 18.2 Å². The molecule has 2 amide bonds. The molecule has 2 aromatic carbocycles. The molecular weight excluding hydrogens is 419 g/mol. The van der Waals surface area contributed by atoms with Gasteiger partial charge in [-0.05, 0) is 42.7 Å². The summed E-state index contributed by atoms with van der Waals surface area (Å²) in [7, 11) is 0. The predicted octanol–water partition coefficient (Wildman–Crippen LogP) is 3.55. The molecule has 5 nitrogen and oxygen atoms in total. The third-order valence-corrected chi connectivity index (χ3v) is 5.04. The third-order valence-electron chi connectivity index (χ3n) is 5.04. The van der Waals surface area contributed by atoms with Gasteiger partial charge < -0.3 is 16.0 Å². The van der Waals surface area contributed by atoms with Gasteiger partial charge in [0.25, 0.3) is 5.91 Å². The number of halogens is 4. The quantitative estimate of drug-likeness (QED) is 0.762. The van der Waals surface area contributed by atoms with Crippen LogP contribution in [0.2, 0.25) is 0 Å². The molecule has 3 rings (SSSR count). The molecule has 1 heterocycles. The van der Waals surface area contributed by atoms with Crippen molar-refractivity contribution >= 4 is 24.2 Å². The molecule has 30 heavy (non-hydrogen) atoms. The van der Waals surface area contributed by atoms with Gasteiger partial charge in [-0.15, -0.1) is 12.4 Å². The summed E-state index contributed by atoms with van der Waals surface area (Å²) in [4.78, 5) is 26.6. The van der Waals surface area contributed by atoms with Gasteiger partial charge in [0.2, 0.25) is 5.91 Å². The SMILES string of the molecule is Cl.N[C@H](C(=O)N1CCC(NC(=O)c2ccc(C(F)(F)F)cc2)CC1)c1ccccc1. The van der Waals surface area contributed by atoms with Crippen LogP contribution in [0.3, 0.4) is 0 Å². The van der Waals surface area contributed by atoms with E-state index in [2.05, 4.69) is 5.32 Å². The summed E-state index contributed by atoms with van der Waals surface area (Å²) in [5.41, 5.74) is 6.18. The molecule has 0 spiro atoms. The molecular formula is C21H23ClF3N3O2. The number of carbonyl (C=O) groups is 2. The van der Waals surface area contributed by atoms with Crippen molar-refractivity contribution in [2.24, 2.45) is 5.73 Å². The Bertz CT molecular complexity index is 852. The van der Waals surface area contributed by atoms with Crippen molar-refractivity contribution in [3.05, 3.63) is 71.3 Å². The van der Waals surface area contributed by atoms with E-state index < -0.39 is 23.7 Å². The molecule has 0 unspecified atom stereocenters. The lowest BCUT2D eigenvalue weighted by Crippen LogP contribution is -2.48. The highest BCUT2D eigenvalue weighted by Gasteiger charge is 2.31. The largest absolute Gasteiger partial charge is 0.416 e. The van der Waals surface area contributed by atoms with Gasteiger partial charge in [0.05, 0.1) is 5.56 Å². The first-order valence-electron chi connectivity index (χ1n) is 9.33. The lowest BCUT2D eigenvalue weighted by molar-refractivity contribution is -0.137. The summed E-state index contributed by atoms with van der Waals surface area (Å²) in [6.45, 7) is 0.911. The molecule has 0 aliphatic carbocycles. The van der Waals surface area contributed by atoms with Crippen LogP contribution in [0.15, 0.2) is 54.6 Å². The number of hydrogen-bond acceptors (Lipinski definition) is 3. The minimum absolute atomic E-state index is 0. The molecule has 162 valence electrons. The Morgan fingerprint density at radius 1 is 1.00 bits per heavy atom. The minimum Gasteiger partial charge on any atom is -0.349 e. The number of amides is 2. The van der Waals surface area contributed by atoms with Crippen molar-refractivity contribution in [2.45, 2.75) is 31.1 Å². The van der Waals surface area contributed by atoms with Crippen LogP contribution in [-0.4, -0.2) is 35.8 Å². The van der Waals surface area contributed by atoms with Gasteiger partial charge in [-0.3, -0.25) is 9.59 Å². The van der Waals surface area contributed by atoms with Gasteiger partial charge in [-0.1, -0.05) is 30.3 Å². The molecule has 0 bridgehead atoms. The van der Waals surface area contributed by atoms with E-state index in [1.165, 1.54) is 0 Å². The summed E-state index contributed by atoms with van der Waals surface area (Å²) in [6.07, 6.45) is -3.33. The molecule has 0 radical (unpaired) electrons. The molecule has 1 aliphatic rings. The predicted molar refractivity (Wildman–Crippen MR) is 109 cm³/mol. The minimum atomic E-state index is -4.44. The summed E-state index contributed by atoms with van der Waals surface area (Å²) in [6, 6.07) is 12.3. The van der Waals surface area contributed by atoms with Gasteiger partial charge in [0.1, 0.15) is 6.04 Å². The fraction of sp³-hybridized carbons (Fsp3) is 0.333. The van der Waals surface area contributed by atoms with E-state index in [0.29, 0.717) is 25.9 Å². The summed E-state index contributed by atoms with van der Waals surface area (Å²) in [5.74, 6) is -0.590. The number of carbonyl (C=O) groups excluding carboxylic acids is 2. The lowest BCUT2D eigenvalue weighted by atomic mass is 10.0. The van der Waals surface area contributed by atoms with Crippen molar-refractivity contribution in [1.82, 2.24) is 10.2 Å². The number of nitrogens with one attached hydrogen (secondary N) is 1. The third kappa shape index (κ3) is 5.73. The van der Waals surface area contributed by atoms with Crippen LogP contribution in [0.1, 0.15) is 40.4 Å². The number of benzene rings is 2. The number of alkyl halides is 3. The van der Waals surface area contributed by atoms with Crippen LogP contribution < -0.4 is 11.1 Å². The maximum absolute atomic E-state index is 12.6. The fourth-order valence-corrected chi connectivity index (χ4v) is 3.32. The Hall–Kier alpha value is -2.58. The van der Waals surface area contributed by atoms with E-state index in [1.54, 1.807) is 17.0 Å². The van der Waals surface area contributed by atoms with Gasteiger partial charge in [0.15, 0.2) is 0 Å². The van der Waals surface area contributed by atoms with Crippen LogP contribution in [0, 0.1) is 0 Å². The number of nitrogens with zero attached hydrogens (tertiary/aromatic N) is 1. The Balaban J connectivity index is 0.00000320. The zero-order chi connectivity index (χ0) is 21.0. The van der Waals surface area contributed by atoms with Gasteiger partial charge in [0, 0.05) is 24.7 Å². The van der Waals surface area contributed by atoms with Crippen molar-refractivity contribution < 1.29 is 22.8 Å². The average molecular weight is 442 g/mol. The average Bonchev–Trinajstić information content (AvgIpc) is 2.73. The first kappa shape index (κ1) is 23.7. The van der Waals surface area contributed by atoms with Crippen LogP contribution >= 0.6 is 12.4 Å². The zero-order valence-electron chi connectivity index (χ0n) is 16.1. The monoisotopic (exact) mass is 441 g/mol. The van der Waals surface area contributed by atoms with Gasteiger partial charge >= 0.3 is 6.18 Å². The maximum atomic E-state index is 12.6. The maximum Gasteiger partial charge on any atom is 0.416 e. The molecule has 0 aromatic heterocycles. The highest BCUT2D eigenvalue weighted by molar-refractivity contribution is 5.94. The van der Waals surface area contributed by atoms with Gasteiger partial charge in [-0.25, -0.2) is 0 Å². The second kappa shape index (κ2) is 9.95. The summed E-state index contributed by atoms with van der Waals surface area (Å²) in [5, 5.41) is 2.82. The first-order chi connectivity index (χ1) is 13.8. The zero-order valence-corrected chi connectivity index (χ0v) is 16.9. The summed E-state index contributed by atoms with van der Waals surface area (Å²) < 4.78 is 37.9. The number of nitrogens with two attached hydrogens (primary N) is 1. The van der Waals surface area contributed by atoms with E-state index >= 15 is 0 Å². The smallest absolute Gasteiger partial charge is 0.349 e. The first-order valence-corrected chi connectivity index (χ1v) is 9.33. The normalized spacial score (nSPS) is 15.8. The number of likely N-dealkylation sites (tertiary alicyclic amines) is 1. The van der Waals surface area contributed by atoms with E-state index in [0.717, 1.165) is 29.8 Å². The van der Waals surface area contributed by atoms with Gasteiger partial charge in [-0.2, -0.15) is 13.2 Å². The molecule has 3 N–H and O–H groups in total. The van der Waals surface area contributed by atoms with Crippen LogP contribution in [0.25, 0.3) is 0 Å². The molecule has 9 heteroatoms. The fourth-order valence-electron chi connectivity index (χ4n) is 3.32. The highest BCUT2D eigenvalue weighted by atomic mass is 35.5. The second-order valence-corrected chi connectivity index (χ2v) is 7.04. The molecule has 1 fully saturated rings. The standard InChI is InChI=1S/C21H22F3N3O2.ClH/c22-21(23,24)16-8-6-15(7-9-16)19(28)26-17-10-12-27(13-11-17)20(29)18(25)14-4-2-1-3-5-14;/h1-9,17-18H,10-13,25H2,(H,26,28);1H/t18-;/m0./s1. The van der Waals surface area contributed by atoms with Crippen molar-refractivity contribution in [3.63, 3.8) is 0 Å². The summed E-state index contributed by atoms with van der Waals surface area (Å²) >= 11 is 0. The topological polar surface area (TPSA) is 75.4 Å². The van der Waals surface area contributed by atoms with Crippen LogP contribution in [0.5, 0.6) is 0 Å². The van der Waals surface area contributed by atoms with Crippen LogP contribution in [0.4, 0.5) is 13.2 Å². The highest BCUT2D eigenvalue weighted by Crippen LogP contribution is 2.29. The number of rotatable bonds is 4. The van der Waals surface area contributed by atoms with Crippen molar-refractivity contribution in [3.8, 4) is 0 Å². The van der Waals surface area contributed by atoms with E-state index in [9.17, 15) is 22.8 Å². The molecule has 2 aromatic rings. The molecule has 1 atom stereocenters. The molecule has 0 saturated carbocycles. The molecule has 1 aliphatic heterocycles. The Morgan fingerprint density at radius 2 is 1.57 bits per heavy atom. The van der Waals surface area contributed by atoms with Crippen LogP contribution in [-0.2, 0) is 11.0 Å². The number of hydrogen-bond donors (Lipinski definition) is 2. The Kier molecular flexibility index (Phi) is 7.86. The van der Waals surface area contributed by atoms with E-state index in [-0.39, 0.29) is 29.9 Å². The van der Waals surface area contributed by atoms with Crippen molar-refractivity contribution in [2.75, 3.05) is 13.1 Å². The second-order valence-electron chi connectivity index (χ2n) is 7.04. The van der Waals surface area contributed by atoms with E-state index in [4.69, 9.17) is 5.73 Å². The Morgan fingerprint density at radius 3 is 2.10 bits per heavy atom. The van der Waals surface area contributed by atoms with Crippen molar-refractivity contribution in [1.29, 1.82) is 0 Å². The Labute approximate surface area is 178 Å². The number of piperidine rings is 1. The molecule has 1 saturated heterocycles.